The Bertz CT molecular complexity index is 476. The fraction of sp³-hybridized carbons (Fsp3) is 0.417. The monoisotopic (exact) mass is 295 g/mol. The average molecular weight is 295 g/mol. The lowest BCUT2D eigenvalue weighted by atomic mass is 10.1. The Balaban J connectivity index is 2.84. The molecule has 0 aliphatic heterocycles. The summed E-state index contributed by atoms with van der Waals surface area (Å²) in [5.41, 5.74) is -2.24. The van der Waals surface area contributed by atoms with Crippen molar-refractivity contribution in [3.63, 3.8) is 0 Å². The van der Waals surface area contributed by atoms with E-state index in [2.05, 4.69) is 10.1 Å². The number of ether oxygens (including phenoxy) is 1. The maximum Gasteiger partial charge on any atom is 0.419 e. The van der Waals surface area contributed by atoms with Gasteiger partial charge in [-0.1, -0.05) is 6.07 Å². The number of alkyl halides is 3. The highest BCUT2D eigenvalue weighted by Gasteiger charge is 2.35. The second kappa shape index (κ2) is 6.67. The van der Waals surface area contributed by atoms with Gasteiger partial charge in [-0.3, -0.25) is 4.79 Å². The van der Waals surface area contributed by atoms with Crippen LogP contribution >= 0.6 is 0 Å². The predicted molar refractivity (Wildman–Crippen MR) is 61.6 cm³/mol. The molecular formula is C12H13F4NO3. The zero-order valence-electron chi connectivity index (χ0n) is 10.5. The molecule has 0 heterocycles. The number of benzene rings is 1. The molecule has 0 bridgehead atoms. The summed E-state index contributed by atoms with van der Waals surface area (Å²) >= 11 is 0. The van der Waals surface area contributed by atoms with Gasteiger partial charge < -0.3 is 15.2 Å². The molecular weight excluding hydrogens is 282 g/mol. The Hall–Kier alpha value is -1.67. The van der Waals surface area contributed by atoms with Crippen LogP contribution in [-0.4, -0.2) is 37.4 Å². The van der Waals surface area contributed by atoms with Crippen molar-refractivity contribution < 1.29 is 32.2 Å². The quantitative estimate of drug-likeness (QED) is 0.811. The van der Waals surface area contributed by atoms with Crippen molar-refractivity contribution in [2.75, 3.05) is 20.3 Å². The van der Waals surface area contributed by atoms with Crippen LogP contribution in [0.4, 0.5) is 17.6 Å². The van der Waals surface area contributed by atoms with Crippen molar-refractivity contribution in [2.24, 2.45) is 0 Å². The van der Waals surface area contributed by atoms with Crippen molar-refractivity contribution >= 4 is 5.91 Å². The summed E-state index contributed by atoms with van der Waals surface area (Å²) in [6.07, 6.45) is -5.91. The standard InChI is InChI=1S/C12H13F4NO3/c1-20-6-7(18)5-17-11(19)8-3-2-4-9(10(8)13)12(14,15)16/h2-4,7,18H,5-6H2,1H3,(H,17,19). The van der Waals surface area contributed by atoms with E-state index >= 15 is 0 Å². The van der Waals surface area contributed by atoms with Crippen LogP contribution in [0.15, 0.2) is 18.2 Å². The van der Waals surface area contributed by atoms with Crippen molar-refractivity contribution in [1.29, 1.82) is 0 Å². The fourth-order valence-corrected chi connectivity index (χ4v) is 1.48. The molecule has 112 valence electrons. The molecule has 2 N–H and O–H groups in total. The Kier molecular flexibility index (Phi) is 5.46. The number of hydrogen-bond acceptors (Lipinski definition) is 3. The van der Waals surface area contributed by atoms with E-state index < -0.39 is 35.1 Å². The van der Waals surface area contributed by atoms with E-state index in [1.54, 1.807) is 0 Å². The average Bonchev–Trinajstić information content (AvgIpc) is 2.35. The first-order chi connectivity index (χ1) is 9.27. The van der Waals surface area contributed by atoms with Crippen molar-refractivity contribution in [1.82, 2.24) is 5.32 Å². The first-order valence-electron chi connectivity index (χ1n) is 5.58. The molecule has 0 radical (unpaired) electrons. The number of aliphatic hydroxyl groups is 1. The Morgan fingerprint density at radius 1 is 1.45 bits per heavy atom. The third kappa shape index (κ3) is 4.17. The topological polar surface area (TPSA) is 58.6 Å². The molecule has 1 amide bonds. The summed E-state index contributed by atoms with van der Waals surface area (Å²) in [4.78, 5) is 11.6. The largest absolute Gasteiger partial charge is 0.419 e. The number of hydrogen-bond donors (Lipinski definition) is 2. The molecule has 4 nitrogen and oxygen atoms in total. The number of rotatable bonds is 5. The lowest BCUT2D eigenvalue weighted by molar-refractivity contribution is -0.140. The number of nitrogens with one attached hydrogen (secondary N) is 1. The van der Waals surface area contributed by atoms with Gasteiger partial charge in [-0.25, -0.2) is 4.39 Å². The van der Waals surface area contributed by atoms with Crippen LogP contribution in [0, 0.1) is 5.82 Å². The number of carbonyl (C=O) groups excluding carboxylic acids is 1. The third-order valence-corrected chi connectivity index (χ3v) is 2.41. The second-order valence-electron chi connectivity index (χ2n) is 3.98. The van der Waals surface area contributed by atoms with E-state index in [1.165, 1.54) is 7.11 Å². The molecule has 0 aliphatic carbocycles. The van der Waals surface area contributed by atoms with Crippen molar-refractivity contribution in [3.05, 3.63) is 35.1 Å². The first kappa shape index (κ1) is 16.4. The van der Waals surface area contributed by atoms with Crippen molar-refractivity contribution in [2.45, 2.75) is 12.3 Å². The minimum atomic E-state index is -4.88. The predicted octanol–water partition coefficient (Wildman–Crippen LogP) is 1.58. The number of aliphatic hydroxyl groups excluding tert-OH is 1. The number of carbonyl (C=O) groups is 1. The zero-order valence-corrected chi connectivity index (χ0v) is 10.5. The highest BCUT2D eigenvalue weighted by molar-refractivity contribution is 5.94. The van der Waals surface area contributed by atoms with E-state index in [-0.39, 0.29) is 13.2 Å². The van der Waals surface area contributed by atoms with Gasteiger partial charge in [0.15, 0.2) is 0 Å². The van der Waals surface area contributed by atoms with Gasteiger partial charge in [0.25, 0.3) is 5.91 Å². The van der Waals surface area contributed by atoms with Gasteiger partial charge in [-0.2, -0.15) is 13.2 Å². The third-order valence-electron chi connectivity index (χ3n) is 2.41. The van der Waals surface area contributed by atoms with Gasteiger partial charge in [-0.05, 0) is 12.1 Å². The van der Waals surface area contributed by atoms with E-state index in [1.807, 2.05) is 0 Å². The lowest BCUT2D eigenvalue weighted by Crippen LogP contribution is -2.35. The SMILES string of the molecule is COCC(O)CNC(=O)c1cccc(C(F)(F)F)c1F. The van der Waals surface area contributed by atoms with Crippen LogP contribution in [0.25, 0.3) is 0 Å². The zero-order chi connectivity index (χ0) is 15.3. The Morgan fingerprint density at radius 2 is 2.10 bits per heavy atom. The Labute approximate surface area is 112 Å². The Morgan fingerprint density at radius 3 is 2.65 bits per heavy atom. The number of methoxy groups -OCH3 is 1. The van der Waals surface area contributed by atoms with Gasteiger partial charge >= 0.3 is 6.18 Å². The summed E-state index contributed by atoms with van der Waals surface area (Å²) < 4.78 is 55.7. The number of amides is 1. The van der Waals surface area contributed by atoms with Crippen LogP contribution in [0.2, 0.25) is 0 Å². The minimum Gasteiger partial charge on any atom is -0.389 e. The molecule has 1 aromatic carbocycles. The molecule has 0 saturated carbocycles. The van der Waals surface area contributed by atoms with E-state index in [9.17, 15) is 27.5 Å². The van der Waals surface area contributed by atoms with Gasteiger partial charge in [-0.15, -0.1) is 0 Å². The van der Waals surface area contributed by atoms with Gasteiger partial charge in [0.05, 0.1) is 23.8 Å². The normalized spacial score (nSPS) is 13.1. The molecule has 0 aliphatic rings. The van der Waals surface area contributed by atoms with Crippen LogP contribution in [0.1, 0.15) is 15.9 Å². The summed E-state index contributed by atoms with van der Waals surface area (Å²) in [7, 11) is 1.33. The van der Waals surface area contributed by atoms with Crippen LogP contribution in [-0.2, 0) is 10.9 Å². The van der Waals surface area contributed by atoms with Crippen LogP contribution in [0.5, 0.6) is 0 Å². The summed E-state index contributed by atoms with van der Waals surface area (Å²) in [5.74, 6) is -2.68. The molecule has 1 aromatic rings. The lowest BCUT2D eigenvalue weighted by Gasteiger charge is -2.13. The summed E-state index contributed by atoms with van der Waals surface area (Å²) in [5, 5.41) is 11.4. The number of halogens is 4. The second-order valence-corrected chi connectivity index (χ2v) is 3.98. The molecule has 0 aromatic heterocycles. The molecule has 0 spiro atoms. The molecule has 20 heavy (non-hydrogen) atoms. The van der Waals surface area contributed by atoms with E-state index in [4.69, 9.17) is 0 Å². The maximum atomic E-state index is 13.6. The first-order valence-corrected chi connectivity index (χ1v) is 5.58. The maximum absolute atomic E-state index is 13.6. The van der Waals surface area contributed by atoms with Crippen LogP contribution in [0.3, 0.4) is 0 Å². The molecule has 0 saturated heterocycles. The van der Waals surface area contributed by atoms with E-state index in [0.717, 1.165) is 12.1 Å². The molecule has 1 atom stereocenters. The highest BCUT2D eigenvalue weighted by Crippen LogP contribution is 2.32. The van der Waals surface area contributed by atoms with E-state index in [0.29, 0.717) is 6.07 Å². The minimum absolute atomic E-state index is 0.0641. The summed E-state index contributed by atoms with van der Waals surface area (Å²) in [6.45, 7) is -0.326. The fourth-order valence-electron chi connectivity index (χ4n) is 1.48. The highest BCUT2D eigenvalue weighted by atomic mass is 19.4. The van der Waals surface area contributed by atoms with Gasteiger partial charge in [0, 0.05) is 13.7 Å². The molecule has 8 heteroatoms. The molecule has 1 unspecified atom stereocenters. The van der Waals surface area contributed by atoms with Gasteiger partial charge in [0.1, 0.15) is 5.82 Å². The molecule has 1 rings (SSSR count). The van der Waals surface area contributed by atoms with Crippen LogP contribution < -0.4 is 5.32 Å². The summed E-state index contributed by atoms with van der Waals surface area (Å²) in [6, 6.07) is 2.42. The molecule has 0 fully saturated rings. The van der Waals surface area contributed by atoms with Gasteiger partial charge in [0.2, 0.25) is 0 Å². The van der Waals surface area contributed by atoms with Crippen molar-refractivity contribution in [3.8, 4) is 0 Å². The smallest absolute Gasteiger partial charge is 0.389 e.